The van der Waals surface area contributed by atoms with Crippen LogP contribution in [-0.4, -0.2) is 16.6 Å². The van der Waals surface area contributed by atoms with Gasteiger partial charge in [0.15, 0.2) is 0 Å². The molecular formula is C17H17NO2S. The molecule has 0 fully saturated rings. The summed E-state index contributed by atoms with van der Waals surface area (Å²) in [5, 5.41) is 8.97. The smallest absolute Gasteiger partial charge is 0.137 e. The van der Waals surface area contributed by atoms with Gasteiger partial charge in [0.05, 0.1) is 22.1 Å². The van der Waals surface area contributed by atoms with Crippen LogP contribution < -0.4 is 4.74 Å². The zero-order valence-electron chi connectivity index (χ0n) is 12.1. The Bertz CT molecular complexity index is 704. The van der Waals surface area contributed by atoms with E-state index in [2.05, 4.69) is 6.07 Å². The lowest BCUT2D eigenvalue weighted by molar-refractivity contribution is 0.341. The van der Waals surface area contributed by atoms with Crippen molar-refractivity contribution in [2.45, 2.75) is 18.7 Å². The van der Waals surface area contributed by atoms with Crippen LogP contribution in [0.5, 0.6) is 5.75 Å². The second-order valence-corrected chi connectivity index (χ2v) is 6.32. The number of aryl methyl sites for hydroxylation is 2. The monoisotopic (exact) mass is 299 g/mol. The molecule has 0 aromatic heterocycles. The van der Waals surface area contributed by atoms with Crippen LogP contribution in [0.25, 0.3) is 0 Å². The third-order valence-corrected chi connectivity index (χ3v) is 4.59. The molecule has 1 atom stereocenters. The van der Waals surface area contributed by atoms with Gasteiger partial charge in [-0.15, -0.1) is 0 Å². The van der Waals surface area contributed by atoms with E-state index in [9.17, 15) is 4.21 Å². The molecule has 2 rings (SSSR count). The number of nitriles is 1. The number of rotatable bonds is 5. The van der Waals surface area contributed by atoms with Gasteiger partial charge in [0, 0.05) is 4.90 Å². The lowest BCUT2D eigenvalue weighted by Crippen LogP contribution is -2.09. The van der Waals surface area contributed by atoms with Gasteiger partial charge in [-0.05, 0) is 49.2 Å². The molecule has 108 valence electrons. The third kappa shape index (κ3) is 3.93. The standard InChI is InChI=1S/C17H17NO2S/c1-13-7-8-16(11-14(13)2)21(19)10-9-20-17-6-4-3-5-15(17)12-18/h3-8,11H,9-10H2,1-2H3. The molecule has 0 spiro atoms. The van der Waals surface area contributed by atoms with Gasteiger partial charge in [0.25, 0.3) is 0 Å². The first-order chi connectivity index (χ1) is 10.1. The number of hydrogen-bond acceptors (Lipinski definition) is 3. The van der Waals surface area contributed by atoms with E-state index in [0.717, 1.165) is 10.5 Å². The summed E-state index contributed by atoms with van der Waals surface area (Å²) < 4.78 is 17.8. The summed E-state index contributed by atoms with van der Waals surface area (Å²) in [5.41, 5.74) is 2.82. The van der Waals surface area contributed by atoms with Crippen LogP contribution in [0.3, 0.4) is 0 Å². The van der Waals surface area contributed by atoms with Crippen molar-refractivity contribution in [2.24, 2.45) is 0 Å². The molecule has 0 radical (unpaired) electrons. The minimum atomic E-state index is -1.09. The third-order valence-electron chi connectivity index (χ3n) is 3.28. The second-order valence-electron chi connectivity index (χ2n) is 4.75. The van der Waals surface area contributed by atoms with Crippen LogP contribution in [-0.2, 0) is 10.8 Å². The zero-order chi connectivity index (χ0) is 15.2. The first-order valence-electron chi connectivity index (χ1n) is 6.69. The normalized spacial score (nSPS) is 11.7. The number of para-hydroxylation sites is 1. The highest BCUT2D eigenvalue weighted by atomic mass is 32.2. The molecule has 0 N–H and O–H groups in total. The molecule has 4 heteroatoms. The highest BCUT2D eigenvalue weighted by molar-refractivity contribution is 7.85. The van der Waals surface area contributed by atoms with Gasteiger partial charge in [0.2, 0.25) is 0 Å². The van der Waals surface area contributed by atoms with E-state index < -0.39 is 10.8 Å². The fourth-order valence-electron chi connectivity index (χ4n) is 1.89. The summed E-state index contributed by atoms with van der Waals surface area (Å²) in [6.07, 6.45) is 0. The van der Waals surface area contributed by atoms with Crippen LogP contribution in [0, 0.1) is 25.2 Å². The van der Waals surface area contributed by atoms with Crippen LogP contribution in [0.4, 0.5) is 0 Å². The highest BCUT2D eigenvalue weighted by Gasteiger charge is 2.07. The van der Waals surface area contributed by atoms with E-state index in [1.54, 1.807) is 18.2 Å². The Kier molecular flexibility index (Phi) is 5.13. The molecule has 21 heavy (non-hydrogen) atoms. The summed E-state index contributed by atoms with van der Waals surface area (Å²) in [5.74, 6) is 0.944. The molecular weight excluding hydrogens is 282 g/mol. The number of hydrogen-bond donors (Lipinski definition) is 0. The van der Waals surface area contributed by atoms with E-state index >= 15 is 0 Å². The van der Waals surface area contributed by atoms with E-state index in [1.165, 1.54) is 5.56 Å². The van der Waals surface area contributed by atoms with E-state index in [1.807, 2.05) is 38.1 Å². The van der Waals surface area contributed by atoms with Gasteiger partial charge in [-0.2, -0.15) is 5.26 Å². The topological polar surface area (TPSA) is 50.1 Å². The van der Waals surface area contributed by atoms with E-state index in [4.69, 9.17) is 10.00 Å². The maximum Gasteiger partial charge on any atom is 0.137 e. The predicted octanol–water partition coefficient (Wildman–Crippen LogP) is 3.36. The fraction of sp³-hybridized carbons (Fsp3) is 0.235. The Balaban J connectivity index is 1.95. The lowest BCUT2D eigenvalue weighted by Gasteiger charge is -2.08. The van der Waals surface area contributed by atoms with Crippen LogP contribution in [0.15, 0.2) is 47.4 Å². The van der Waals surface area contributed by atoms with E-state index in [-0.39, 0.29) is 0 Å². The second kappa shape index (κ2) is 7.05. The molecule has 0 saturated heterocycles. The van der Waals surface area contributed by atoms with Gasteiger partial charge in [0.1, 0.15) is 18.4 Å². The van der Waals surface area contributed by atoms with Crippen molar-refractivity contribution in [3.8, 4) is 11.8 Å². The Morgan fingerprint density at radius 1 is 1.14 bits per heavy atom. The summed E-state index contributed by atoms with van der Waals surface area (Å²) in [7, 11) is -1.09. The van der Waals surface area contributed by atoms with Crippen LogP contribution >= 0.6 is 0 Å². The molecule has 0 bridgehead atoms. The average molecular weight is 299 g/mol. The van der Waals surface area contributed by atoms with Crippen molar-refractivity contribution < 1.29 is 8.95 Å². The molecule has 3 nitrogen and oxygen atoms in total. The number of ether oxygens (including phenoxy) is 1. The first-order valence-corrected chi connectivity index (χ1v) is 8.01. The van der Waals surface area contributed by atoms with Gasteiger partial charge >= 0.3 is 0 Å². The number of nitrogens with zero attached hydrogens (tertiary/aromatic N) is 1. The summed E-state index contributed by atoms with van der Waals surface area (Å²) in [4.78, 5) is 0.815. The van der Waals surface area contributed by atoms with E-state index in [0.29, 0.717) is 23.7 Å². The van der Waals surface area contributed by atoms with Crippen LogP contribution in [0.2, 0.25) is 0 Å². The molecule has 0 aliphatic rings. The maximum absolute atomic E-state index is 12.2. The summed E-state index contributed by atoms with van der Waals surface area (Å²) in [6, 6.07) is 15.0. The fourth-order valence-corrected chi connectivity index (χ4v) is 2.88. The molecule has 0 amide bonds. The summed E-state index contributed by atoms with van der Waals surface area (Å²) >= 11 is 0. The summed E-state index contributed by atoms with van der Waals surface area (Å²) in [6.45, 7) is 4.36. The molecule has 0 aliphatic heterocycles. The Labute approximate surface area is 127 Å². The highest BCUT2D eigenvalue weighted by Crippen LogP contribution is 2.17. The largest absolute Gasteiger partial charge is 0.491 e. The predicted molar refractivity (Wildman–Crippen MR) is 83.8 cm³/mol. The van der Waals surface area contributed by atoms with Crippen molar-refractivity contribution in [3.63, 3.8) is 0 Å². The molecule has 2 aromatic carbocycles. The zero-order valence-corrected chi connectivity index (χ0v) is 12.9. The Morgan fingerprint density at radius 3 is 2.62 bits per heavy atom. The minimum absolute atomic E-state index is 0.318. The Hall–Kier alpha value is -2.12. The van der Waals surface area contributed by atoms with Crippen molar-refractivity contribution in [1.82, 2.24) is 0 Å². The van der Waals surface area contributed by atoms with Crippen molar-refractivity contribution in [2.75, 3.05) is 12.4 Å². The molecule has 0 saturated carbocycles. The van der Waals surface area contributed by atoms with Crippen LogP contribution in [0.1, 0.15) is 16.7 Å². The van der Waals surface area contributed by atoms with Gasteiger partial charge < -0.3 is 4.74 Å². The maximum atomic E-state index is 12.2. The molecule has 0 aliphatic carbocycles. The Morgan fingerprint density at radius 2 is 1.90 bits per heavy atom. The van der Waals surface area contributed by atoms with Crippen molar-refractivity contribution in [1.29, 1.82) is 5.26 Å². The SMILES string of the molecule is Cc1ccc(S(=O)CCOc2ccccc2C#N)cc1C. The lowest BCUT2D eigenvalue weighted by atomic mass is 10.1. The van der Waals surface area contributed by atoms with Crippen molar-refractivity contribution >= 4 is 10.8 Å². The molecule has 1 unspecified atom stereocenters. The minimum Gasteiger partial charge on any atom is -0.491 e. The average Bonchev–Trinajstić information content (AvgIpc) is 2.50. The van der Waals surface area contributed by atoms with Gasteiger partial charge in [-0.25, -0.2) is 0 Å². The van der Waals surface area contributed by atoms with Gasteiger partial charge in [-0.3, -0.25) is 4.21 Å². The first kappa shape index (κ1) is 15.3. The number of benzene rings is 2. The quantitative estimate of drug-likeness (QED) is 0.850. The molecule has 2 aromatic rings. The van der Waals surface area contributed by atoms with Crippen molar-refractivity contribution in [3.05, 3.63) is 59.2 Å². The molecule has 0 heterocycles. The van der Waals surface area contributed by atoms with Gasteiger partial charge in [-0.1, -0.05) is 18.2 Å².